The molecular weight excluding hydrogens is 224 g/mol. The molecule has 1 heterocycles. The van der Waals surface area contributed by atoms with Crippen molar-refractivity contribution < 1.29 is 4.74 Å². The number of hydrogen-bond donors (Lipinski definition) is 2. The Morgan fingerprint density at radius 1 is 1.28 bits per heavy atom. The van der Waals surface area contributed by atoms with Crippen molar-refractivity contribution >= 4 is 5.69 Å². The fourth-order valence-corrected chi connectivity index (χ4v) is 2.33. The second-order valence-corrected chi connectivity index (χ2v) is 5.12. The first-order chi connectivity index (χ1) is 8.68. The zero-order chi connectivity index (χ0) is 13.0. The quantitative estimate of drug-likeness (QED) is 0.858. The fourth-order valence-electron chi connectivity index (χ4n) is 2.33. The first-order valence-electron chi connectivity index (χ1n) is 6.80. The molecule has 1 aromatic carbocycles. The summed E-state index contributed by atoms with van der Waals surface area (Å²) < 4.78 is 5.45. The van der Waals surface area contributed by atoms with Gasteiger partial charge in [0.2, 0.25) is 0 Å². The van der Waals surface area contributed by atoms with Crippen LogP contribution in [0.15, 0.2) is 12.1 Å². The Balaban J connectivity index is 1.84. The largest absolute Gasteiger partial charge is 0.385 e. The van der Waals surface area contributed by atoms with Crippen molar-refractivity contribution in [2.24, 2.45) is 0 Å². The minimum absolute atomic E-state index is 0.498. The van der Waals surface area contributed by atoms with Gasteiger partial charge in [0.25, 0.3) is 0 Å². The first-order valence-corrected chi connectivity index (χ1v) is 6.80. The van der Waals surface area contributed by atoms with E-state index in [1.54, 1.807) is 0 Å². The molecular formula is C15H24N2O. The highest BCUT2D eigenvalue weighted by Gasteiger charge is 2.12. The van der Waals surface area contributed by atoms with Crippen LogP contribution in [0.2, 0.25) is 0 Å². The van der Waals surface area contributed by atoms with Crippen LogP contribution in [0.4, 0.5) is 5.69 Å². The molecule has 0 saturated carbocycles. The smallest absolute Gasteiger partial charge is 0.0620 e. The second kappa shape index (κ2) is 6.21. The molecule has 1 unspecified atom stereocenters. The third-order valence-corrected chi connectivity index (χ3v) is 3.86. The van der Waals surface area contributed by atoms with Gasteiger partial charge in [-0.15, -0.1) is 0 Å². The molecule has 2 N–H and O–H groups in total. The molecule has 0 aliphatic carbocycles. The predicted octanol–water partition coefficient (Wildman–Crippen LogP) is 2.40. The average molecular weight is 248 g/mol. The summed E-state index contributed by atoms with van der Waals surface area (Å²) in [5, 5.41) is 7.01. The highest BCUT2D eigenvalue weighted by atomic mass is 16.5. The minimum atomic E-state index is 0.498. The van der Waals surface area contributed by atoms with Gasteiger partial charge in [-0.3, -0.25) is 0 Å². The maximum absolute atomic E-state index is 5.45. The normalized spacial score (nSPS) is 19.8. The molecule has 1 saturated heterocycles. The van der Waals surface area contributed by atoms with Gasteiger partial charge in [0.15, 0.2) is 0 Å². The van der Waals surface area contributed by atoms with Gasteiger partial charge in [0.1, 0.15) is 0 Å². The summed E-state index contributed by atoms with van der Waals surface area (Å²) in [4.78, 5) is 0. The molecule has 0 spiro atoms. The minimum Gasteiger partial charge on any atom is -0.385 e. The van der Waals surface area contributed by atoms with Crippen LogP contribution in [0.25, 0.3) is 0 Å². The molecule has 0 bridgehead atoms. The standard InChI is InChI=1S/C15H24N2O/c1-11-4-5-15(13(3)12(11)2)17-7-6-14-10-18-9-8-16-14/h4-5,14,16-17H,6-10H2,1-3H3. The number of anilines is 1. The van der Waals surface area contributed by atoms with Crippen molar-refractivity contribution in [3.8, 4) is 0 Å². The monoisotopic (exact) mass is 248 g/mol. The van der Waals surface area contributed by atoms with Crippen molar-refractivity contribution in [3.63, 3.8) is 0 Å². The van der Waals surface area contributed by atoms with Crippen LogP contribution >= 0.6 is 0 Å². The molecule has 0 aromatic heterocycles. The molecule has 1 aromatic rings. The van der Waals surface area contributed by atoms with Crippen LogP contribution in [0.3, 0.4) is 0 Å². The lowest BCUT2D eigenvalue weighted by molar-refractivity contribution is 0.0753. The second-order valence-electron chi connectivity index (χ2n) is 5.12. The summed E-state index contributed by atoms with van der Waals surface area (Å²) in [6, 6.07) is 4.87. The summed E-state index contributed by atoms with van der Waals surface area (Å²) in [5.74, 6) is 0. The van der Waals surface area contributed by atoms with Gasteiger partial charge >= 0.3 is 0 Å². The SMILES string of the molecule is Cc1ccc(NCCC2COCCN2)c(C)c1C. The lowest BCUT2D eigenvalue weighted by atomic mass is 10.0. The van der Waals surface area contributed by atoms with Gasteiger partial charge < -0.3 is 15.4 Å². The van der Waals surface area contributed by atoms with Crippen LogP contribution < -0.4 is 10.6 Å². The van der Waals surface area contributed by atoms with E-state index in [2.05, 4.69) is 43.5 Å². The van der Waals surface area contributed by atoms with E-state index in [0.717, 1.165) is 32.7 Å². The molecule has 100 valence electrons. The lowest BCUT2D eigenvalue weighted by Gasteiger charge is -2.24. The molecule has 3 nitrogen and oxygen atoms in total. The van der Waals surface area contributed by atoms with Gasteiger partial charge in [-0.1, -0.05) is 6.07 Å². The molecule has 1 fully saturated rings. The number of aryl methyl sites for hydroxylation is 1. The van der Waals surface area contributed by atoms with E-state index in [4.69, 9.17) is 4.74 Å². The van der Waals surface area contributed by atoms with Gasteiger partial charge in [-0.25, -0.2) is 0 Å². The summed E-state index contributed by atoms with van der Waals surface area (Å²) in [6.45, 7) is 10.2. The Morgan fingerprint density at radius 2 is 2.11 bits per heavy atom. The van der Waals surface area contributed by atoms with E-state index in [0.29, 0.717) is 6.04 Å². The third-order valence-electron chi connectivity index (χ3n) is 3.86. The zero-order valence-electron chi connectivity index (χ0n) is 11.7. The van der Waals surface area contributed by atoms with E-state index in [1.165, 1.54) is 22.4 Å². The third kappa shape index (κ3) is 3.24. The molecule has 2 rings (SSSR count). The van der Waals surface area contributed by atoms with Crippen molar-refractivity contribution in [1.82, 2.24) is 5.32 Å². The number of nitrogens with one attached hydrogen (secondary N) is 2. The lowest BCUT2D eigenvalue weighted by Crippen LogP contribution is -2.42. The summed E-state index contributed by atoms with van der Waals surface area (Å²) >= 11 is 0. The van der Waals surface area contributed by atoms with Gasteiger partial charge in [0, 0.05) is 24.8 Å². The molecule has 18 heavy (non-hydrogen) atoms. The maximum atomic E-state index is 5.45. The molecule has 1 aliphatic rings. The van der Waals surface area contributed by atoms with Crippen molar-refractivity contribution in [2.75, 3.05) is 31.6 Å². The van der Waals surface area contributed by atoms with Crippen molar-refractivity contribution in [1.29, 1.82) is 0 Å². The van der Waals surface area contributed by atoms with Gasteiger partial charge in [-0.2, -0.15) is 0 Å². The Hall–Kier alpha value is -1.06. The van der Waals surface area contributed by atoms with Crippen LogP contribution in [0, 0.1) is 20.8 Å². The van der Waals surface area contributed by atoms with E-state index in [-0.39, 0.29) is 0 Å². The Labute approximate surface area is 110 Å². The predicted molar refractivity (Wildman–Crippen MR) is 76.4 cm³/mol. The fraction of sp³-hybridized carbons (Fsp3) is 0.600. The van der Waals surface area contributed by atoms with Gasteiger partial charge in [-0.05, 0) is 49.9 Å². The first kappa shape index (κ1) is 13.4. The highest BCUT2D eigenvalue weighted by molar-refractivity contribution is 5.55. The number of morpholine rings is 1. The summed E-state index contributed by atoms with van der Waals surface area (Å²) in [5.41, 5.74) is 5.37. The van der Waals surface area contributed by atoms with Crippen LogP contribution in [-0.2, 0) is 4.74 Å². The Kier molecular flexibility index (Phi) is 4.61. The molecule has 0 amide bonds. The number of benzene rings is 1. The van der Waals surface area contributed by atoms with Gasteiger partial charge in [0.05, 0.1) is 13.2 Å². The van der Waals surface area contributed by atoms with Crippen molar-refractivity contribution in [2.45, 2.75) is 33.2 Å². The van der Waals surface area contributed by atoms with E-state index >= 15 is 0 Å². The van der Waals surface area contributed by atoms with E-state index < -0.39 is 0 Å². The Morgan fingerprint density at radius 3 is 2.83 bits per heavy atom. The average Bonchev–Trinajstić information content (AvgIpc) is 2.40. The summed E-state index contributed by atoms with van der Waals surface area (Å²) in [6.07, 6.45) is 1.10. The number of ether oxygens (including phenoxy) is 1. The molecule has 0 radical (unpaired) electrons. The number of hydrogen-bond acceptors (Lipinski definition) is 3. The Bertz CT molecular complexity index is 398. The topological polar surface area (TPSA) is 33.3 Å². The number of rotatable bonds is 4. The summed E-state index contributed by atoms with van der Waals surface area (Å²) in [7, 11) is 0. The van der Waals surface area contributed by atoms with Crippen LogP contribution in [0.5, 0.6) is 0 Å². The molecule has 1 aliphatic heterocycles. The maximum Gasteiger partial charge on any atom is 0.0620 e. The van der Waals surface area contributed by atoms with E-state index in [9.17, 15) is 0 Å². The zero-order valence-corrected chi connectivity index (χ0v) is 11.7. The highest BCUT2D eigenvalue weighted by Crippen LogP contribution is 2.21. The van der Waals surface area contributed by atoms with Crippen LogP contribution in [-0.4, -0.2) is 32.3 Å². The molecule has 1 atom stereocenters. The van der Waals surface area contributed by atoms with E-state index in [1.807, 2.05) is 0 Å². The van der Waals surface area contributed by atoms with Crippen LogP contribution in [0.1, 0.15) is 23.1 Å². The van der Waals surface area contributed by atoms with Crippen molar-refractivity contribution in [3.05, 3.63) is 28.8 Å². The molecule has 3 heteroatoms.